The summed E-state index contributed by atoms with van der Waals surface area (Å²) in [6, 6.07) is 5.07. The van der Waals surface area contributed by atoms with E-state index < -0.39 is 12.2 Å². The van der Waals surface area contributed by atoms with Crippen LogP contribution in [0.4, 0.5) is 11.4 Å². The second-order valence-electron chi connectivity index (χ2n) is 5.01. The Hall–Kier alpha value is -1.79. The van der Waals surface area contributed by atoms with Gasteiger partial charge < -0.3 is 25.7 Å². The second-order valence-corrected chi connectivity index (χ2v) is 5.01. The molecule has 2 rings (SSSR count). The summed E-state index contributed by atoms with van der Waals surface area (Å²) < 4.78 is 0. The lowest BCUT2D eigenvalue weighted by molar-refractivity contribution is 0.0572. The highest BCUT2D eigenvalue weighted by molar-refractivity contribution is 5.95. The van der Waals surface area contributed by atoms with Gasteiger partial charge in [-0.3, -0.25) is 4.79 Å². The van der Waals surface area contributed by atoms with Crippen molar-refractivity contribution in [3.8, 4) is 0 Å². The minimum atomic E-state index is -0.762. The largest absolute Gasteiger partial charge is 0.397 e. The summed E-state index contributed by atoms with van der Waals surface area (Å²) in [7, 11) is 3.36. The molecule has 1 saturated heterocycles. The van der Waals surface area contributed by atoms with Gasteiger partial charge in [-0.25, -0.2) is 0 Å². The van der Waals surface area contributed by atoms with E-state index in [1.807, 2.05) is 4.90 Å². The van der Waals surface area contributed by atoms with E-state index in [-0.39, 0.29) is 5.91 Å². The van der Waals surface area contributed by atoms with Crippen molar-refractivity contribution >= 4 is 17.3 Å². The Balaban J connectivity index is 2.23. The lowest BCUT2D eigenvalue weighted by atomic mass is 10.1. The van der Waals surface area contributed by atoms with Crippen LogP contribution in [0.1, 0.15) is 10.4 Å². The average Bonchev–Trinajstić information content (AvgIpc) is 2.68. The Morgan fingerprint density at radius 2 is 1.89 bits per heavy atom. The standard InChI is InChI=1S/C13H19N3O3/c1-15(2)13(19)8-3-4-10(9(14)5-8)16-6-11(17)12(18)7-16/h3-5,11-12,17-18H,6-7,14H2,1-2H3. The lowest BCUT2D eigenvalue weighted by Crippen LogP contribution is -2.24. The highest BCUT2D eigenvalue weighted by Crippen LogP contribution is 2.28. The van der Waals surface area contributed by atoms with Crippen molar-refractivity contribution in [1.29, 1.82) is 0 Å². The summed E-state index contributed by atoms with van der Waals surface area (Å²) in [4.78, 5) is 15.1. The molecular weight excluding hydrogens is 246 g/mol. The van der Waals surface area contributed by atoms with Crippen molar-refractivity contribution in [1.82, 2.24) is 4.90 Å². The summed E-state index contributed by atoms with van der Waals surface area (Å²) >= 11 is 0. The van der Waals surface area contributed by atoms with E-state index in [1.165, 1.54) is 4.90 Å². The molecule has 0 saturated carbocycles. The molecule has 104 valence electrons. The number of hydrogen-bond donors (Lipinski definition) is 3. The number of amides is 1. The summed E-state index contributed by atoms with van der Waals surface area (Å²) in [5, 5.41) is 19.1. The van der Waals surface area contributed by atoms with Crippen molar-refractivity contribution in [2.45, 2.75) is 12.2 Å². The zero-order valence-corrected chi connectivity index (χ0v) is 11.1. The fraction of sp³-hybridized carbons (Fsp3) is 0.462. The van der Waals surface area contributed by atoms with Gasteiger partial charge in [-0.2, -0.15) is 0 Å². The summed E-state index contributed by atoms with van der Waals surface area (Å²) in [6.07, 6.45) is -1.52. The molecule has 1 aliphatic heterocycles. The number of anilines is 2. The first-order chi connectivity index (χ1) is 8.90. The van der Waals surface area contributed by atoms with Crippen LogP contribution in [0.3, 0.4) is 0 Å². The molecule has 1 aliphatic rings. The van der Waals surface area contributed by atoms with Crippen LogP contribution in [0.2, 0.25) is 0 Å². The predicted octanol–water partition coefficient (Wildman–Crippen LogP) is -0.488. The van der Waals surface area contributed by atoms with Crippen molar-refractivity contribution < 1.29 is 15.0 Å². The van der Waals surface area contributed by atoms with E-state index >= 15 is 0 Å². The number of carbonyl (C=O) groups is 1. The van der Waals surface area contributed by atoms with Crippen LogP contribution in [0.5, 0.6) is 0 Å². The summed E-state index contributed by atoms with van der Waals surface area (Å²) in [6.45, 7) is 0.679. The Morgan fingerprint density at radius 1 is 1.32 bits per heavy atom. The Labute approximate surface area is 112 Å². The smallest absolute Gasteiger partial charge is 0.253 e. The zero-order valence-electron chi connectivity index (χ0n) is 11.1. The normalized spacial score (nSPS) is 22.6. The first kappa shape index (κ1) is 13.6. The molecule has 6 heteroatoms. The molecule has 6 nitrogen and oxygen atoms in total. The zero-order chi connectivity index (χ0) is 14.2. The number of nitrogens with two attached hydrogens (primary N) is 1. The van der Waals surface area contributed by atoms with Gasteiger partial charge in [0.15, 0.2) is 0 Å². The summed E-state index contributed by atoms with van der Waals surface area (Å²) in [5.41, 5.74) is 7.67. The molecule has 1 fully saturated rings. The van der Waals surface area contributed by atoms with Crippen LogP contribution in [0.15, 0.2) is 18.2 Å². The molecule has 0 aliphatic carbocycles. The van der Waals surface area contributed by atoms with Gasteiger partial charge in [-0.1, -0.05) is 0 Å². The highest BCUT2D eigenvalue weighted by atomic mass is 16.3. The fourth-order valence-corrected chi connectivity index (χ4v) is 2.20. The minimum absolute atomic E-state index is 0.111. The molecule has 0 radical (unpaired) electrons. The number of hydrogen-bond acceptors (Lipinski definition) is 5. The monoisotopic (exact) mass is 265 g/mol. The minimum Gasteiger partial charge on any atom is -0.397 e. The summed E-state index contributed by atoms with van der Waals surface area (Å²) in [5.74, 6) is -0.111. The number of β-amino-alcohol motifs (C(OH)–C–C–N with tert-alkyl or cyclic N) is 2. The molecule has 0 aromatic heterocycles. The number of aliphatic hydroxyl groups is 2. The van der Waals surface area contributed by atoms with Crippen molar-refractivity contribution in [3.05, 3.63) is 23.8 Å². The van der Waals surface area contributed by atoms with Crippen molar-refractivity contribution in [2.75, 3.05) is 37.8 Å². The maximum Gasteiger partial charge on any atom is 0.253 e. The predicted molar refractivity (Wildman–Crippen MR) is 73.1 cm³/mol. The van der Waals surface area contributed by atoms with Gasteiger partial charge in [-0.15, -0.1) is 0 Å². The van der Waals surface area contributed by atoms with E-state index in [0.717, 1.165) is 5.69 Å². The number of aliphatic hydroxyl groups excluding tert-OH is 2. The van der Waals surface area contributed by atoms with E-state index in [1.54, 1.807) is 32.3 Å². The lowest BCUT2D eigenvalue weighted by Gasteiger charge is -2.20. The highest BCUT2D eigenvalue weighted by Gasteiger charge is 2.30. The van der Waals surface area contributed by atoms with E-state index in [0.29, 0.717) is 24.3 Å². The first-order valence-electron chi connectivity index (χ1n) is 6.12. The number of nitrogen functional groups attached to an aromatic ring is 1. The van der Waals surface area contributed by atoms with Gasteiger partial charge in [0.2, 0.25) is 0 Å². The molecule has 2 atom stereocenters. The molecule has 19 heavy (non-hydrogen) atoms. The third kappa shape index (κ3) is 2.64. The van der Waals surface area contributed by atoms with E-state index in [2.05, 4.69) is 0 Å². The third-order valence-electron chi connectivity index (χ3n) is 3.28. The fourth-order valence-electron chi connectivity index (χ4n) is 2.20. The van der Waals surface area contributed by atoms with Gasteiger partial charge >= 0.3 is 0 Å². The Bertz CT molecular complexity index is 480. The molecule has 1 aromatic carbocycles. The van der Waals surface area contributed by atoms with Crippen LogP contribution >= 0.6 is 0 Å². The molecule has 1 amide bonds. The van der Waals surface area contributed by atoms with Crippen LogP contribution in [0.25, 0.3) is 0 Å². The number of carbonyl (C=O) groups excluding carboxylic acids is 1. The maximum atomic E-state index is 11.8. The van der Waals surface area contributed by atoms with E-state index in [4.69, 9.17) is 5.73 Å². The Morgan fingerprint density at radius 3 is 2.37 bits per heavy atom. The van der Waals surface area contributed by atoms with Crippen molar-refractivity contribution in [3.63, 3.8) is 0 Å². The van der Waals surface area contributed by atoms with Crippen LogP contribution in [0, 0.1) is 0 Å². The van der Waals surface area contributed by atoms with Gasteiger partial charge in [-0.05, 0) is 18.2 Å². The SMILES string of the molecule is CN(C)C(=O)c1ccc(N2CC(O)C(O)C2)c(N)c1. The number of nitrogens with zero attached hydrogens (tertiary/aromatic N) is 2. The molecule has 0 spiro atoms. The molecular formula is C13H19N3O3. The topological polar surface area (TPSA) is 90.0 Å². The second kappa shape index (κ2) is 5.07. The molecule has 4 N–H and O–H groups in total. The van der Waals surface area contributed by atoms with Gasteiger partial charge in [0, 0.05) is 32.7 Å². The Kier molecular flexibility index (Phi) is 3.64. The quantitative estimate of drug-likeness (QED) is 0.628. The molecule has 1 aromatic rings. The van der Waals surface area contributed by atoms with Crippen molar-refractivity contribution in [2.24, 2.45) is 0 Å². The van der Waals surface area contributed by atoms with Crippen LogP contribution in [-0.2, 0) is 0 Å². The number of rotatable bonds is 2. The molecule has 0 bridgehead atoms. The van der Waals surface area contributed by atoms with Gasteiger partial charge in [0.25, 0.3) is 5.91 Å². The van der Waals surface area contributed by atoms with E-state index in [9.17, 15) is 15.0 Å². The molecule has 2 unspecified atom stereocenters. The molecule has 1 heterocycles. The maximum absolute atomic E-state index is 11.8. The van der Waals surface area contributed by atoms with Gasteiger partial charge in [0.05, 0.1) is 23.6 Å². The van der Waals surface area contributed by atoms with Gasteiger partial charge in [0.1, 0.15) is 0 Å². The van der Waals surface area contributed by atoms with Crippen LogP contribution in [-0.4, -0.2) is 60.4 Å². The first-order valence-corrected chi connectivity index (χ1v) is 6.12. The van der Waals surface area contributed by atoms with Crippen LogP contribution < -0.4 is 10.6 Å². The average molecular weight is 265 g/mol. The third-order valence-corrected chi connectivity index (χ3v) is 3.28. The number of benzene rings is 1.